The maximum atomic E-state index is 12.4. The van der Waals surface area contributed by atoms with E-state index >= 15 is 0 Å². The summed E-state index contributed by atoms with van der Waals surface area (Å²) in [4.78, 5) is 28.5. The Kier molecular flexibility index (Phi) is 6.40. The van der Waals surface area contributed by atoms with Crippen molar-refractivity contribution in [3.8, 4) is 5.75 Å². The summed E-state index contributed by atoms with van der Waals surface area (Å²) in [5.74, 6) is 0.178. The van der Waals surface area contributed by atoms with E-state index in [2.05, 4.69) is 10.3 Å². The first-order valence-corrected chi connectivity index (χ1v) is 9.13. The minimum Gasteiger partial charge on any atom is -0.484 e. The van der Waals surface area contributed by atoms with E-state index in [0.29, 0.717) is 21.9 Å². The smallest absolute Gasteiger partial charge is 0.258 e. The number of hydrogen-bond acceptors (Lipinski definition) is 4. The molecule has 0 saturated carbocycles. The van der Waals surface area contributed by atoms with E-state index in [9.17, 15) is 9.59 Å². The molecular formula is C22H19ClN2O3. The molecule has 0 spiro atoms. The molecule has 0 radical (unpaired) electrons. The molecule has 2 aromatic carbocycles. The lowest BCUT2D eigenvalue weighted by Gasteiger charge is -2.14. The molecule has 142 valence electrons. The number of hydrogen-bond donors (Lipinski definition) is 1. The van der Waals surface area contributed by atoms with Gasteiger partial charge in [0.1, 0.15) is 5.75 Å². The zero-order chi connectivity index (χ0) is 19.9. The normalized spacial score (nSPS) is 11.5. The van der Waals surface area contributed by atoms with Crippen molar-refractivity contribution in [1.82, 2.24) is 10.3 Å². The Labute approximate surface area is 168 Å². The van der Waals surface area contributed by atoms with Gasteiger partial charge in [0.05, 0.1) is 6.04 Å². The number of ether oxygens (including phenoxy) is 1. The number of rotatable bonds is 7. The first-order chi connectivity index (χ1) is 13.5. The number of amides is 1. The SMILES string of the molecule is CC(NC(=O)COc1ccc(C(=O)c2ccc(Cl)cc2)cc1)c1ccncc1. The maximum Gasteiger partial charge on any atom is 0.258 e. The molecule has 0 aliphatic heterocycles. The fourth-order valence-corrected chi connectivity index (χ4v) is 2.76. The van der Waals surface area contributed by atoms with E-state index in [1.807, 2.05) is 19.1 Å². The number of pyridine rings is 1. The predicted molar refractivity (Wildman–Crippen MR) is 108 cm³/mol. The Morgan fingerprint density at radius 3 is 2.14 bits per heavy atom. The summed E-state index contributed by atoms with van der Waals surface area (Å²) in [5.41, 5.74) is 2.06. The Balaban J connectivity index is 1.53. The van der Waals surface area contributed by atoms with E-state index in [-0.39, 0.29) is 24.3 Å². The number of ketones is 1. The van der Waals surface area contributed by atoms with Crippen LogP contribution in [0.3, 0.4) is 0 Å². The molecule has 1 N–H and O–H groups in total. The molecule has 1 amide bonds. The van der Waals surface area contributed by atoms with Gasteiger partial charge in [0, 0.05) is 28.5 Å². The summed E-state index contributed by atoms with van der Waals surface area (Å²) in [6.07, 6.45) is 3.36. The van der Waals surface area contributed by atoms with Gasteiger partial charge in [0.15, 0.2) is 12.4 Å². The Morgan fingerprint density at radius 1 is 0.964 bits per heavy atom. The zero-order valence-electron chi connectivity index (χ0n) is 15.3. The van der Waals surface area contributed by atoms with Crippen molar-refractivity contribution in [2.75, 3.05) is 6.61 Å². The fraction of sp³-hybridized carbons (Fsp3) is 0.136. The minimum absolute atomic E-state index is 0.105. The van der Waals surface area contributed by atoms with Crippen molar-refractivity contribution in [3.05, 3.63) is 94.8 Å². The van der Waals surface area contributed by atoms with Gasteiger partial charge in [-0.15, -0.1) is 0 Å². The summed E-state index contributed by atoms with van der Waals surface area (Å²) in [6.45, 7) is 1.78. The highest BCUT2D eigenvalue weighted by atomic mass is 35.5. The largest absolute Gasteiger partial charge is 0.484 e. The average Bonchev–Trinajstić information content (AvgIpc) is 2.73. The summed E-state index contributed by atoms with van der Waals surface area (Å²) in [7, 11) is 0. The van der Waals surface area contributed by atoms with Crippen molar-refractivity contribution in [1.29, 1.82) is 0 Å². The number of carbonyl (C=O) groups excluding carboxylic acids is 2. The lowest BCUT2D eigenvalue weighted by molar-refractivity contribution is -0.123. The predicted octanol–water partition coefficient (Wildman–Crippen LogP) is 4.22. The van der Waals surface area contributed by atoms with Crippen LogP contribution in [0, 0.1) is 0 Å². The summed E-state index contributed by atoms with van der Waals surface area (Å²) in [6, 6.07) is 17.0. The molecule has 0 aliphatic carbocycles. The summed E-state index contributed by atoms with van der Waals surface area (Å²) in [5, 5.41) is 3.45. The van der Waals surface area contributed by atoms with Gasteiger partial charge in [-0.1, -0.05) is 11.6 Å². The molecule has 5 nitrogen and oxygen atoms in total. The van der Waals surface area contributed by atoms with Gasteiger partial charge in [-0.2, -0.15) is 0 Å². The third kappa shape index (κ3) is 5.18. The van der Waals surface area contributed by atoms with E-state index in [1.165, 1.54) is 0 Å². The lowest BCUT2D eigenvalue weighted by atomic mass is 10.0. The molecule has 6 heteroatoms. The zero-order valence-corrected chi connectivity index (χ0v) is 16.0. The molecule has 0 aliphatic rings. The van der Waals surface area contributed by atoms with Crippen LogP contribution in [0.25, 0.3) is 0 Å². The van der Waals surface area contributed by atoms with E-state index < -0.39 is 0 Å². The van der Waals surface area contributed by atoms with Gasteiger partial charge >= 0.3 is 0 Å². The first-order valence-electron chi connectivity index (χ1n) is 8.75. The van der Waals surface area contributed by atoms with E-state index in [1.54, 1.807) is 60.9 Å². The number of benzene rings is 2. The molecule has 0 bridgehead atoms. The molecule has 1 atom stereocenters. The Bertz CT molecular complexity index is 942. The van der Waals surface area contributed by atoms with Crippen molar-refractivity contribution >= 4 is 23.3 Å². The summed E-state index contributed by atoms with van der Waals surface area (Å²) >= 11 is 5.85. The maximum absolute atomic E-state index is 12.4. The molecule has 3 rings (SSSR count). The number of halogens is 1. The molecule has 28 heavy (non-hydrogen) atoms. The second kappa shape index (κ2) is 9.15. The molecule has 1 unspecified atom stereocenters. The van der Waals surface area contributed by atoms with Crippen molar-refractivity contribution in [3.63, 3.8) is 0 Å². The first kappa shape index (κ1) is 19.6. The van der Waals surface area contributed by atoms with Gasteiger partial charge < -0.3 is 10.1 Å². The van der Waals surface area contributed by atoms with Crippen LogP contribution in [0.4, 0.5) is 0 Å². The minimum atomic E-state index is -0.231. The van der Waals surface area contributed by atoms with Crippen LogP contribution in [0.1, 0.15) is 34.5 Å². The molecule has 1 heterocycles. The highest BCUT2D eigenvalue weighted by Crippen LogP contribution is 2.17. The van der Waals surface area contributed by atoms with Crippen molar-refractivity contribution in [2.45, 2.75) is 13.0 Å². The fourth-order valence-electron chi connectivity index (χ4n) is 2.64. The second-order valence-electron chi connectivity index (χ2n) is 6.22. The van der Waals surface area contributed by atoms with Crippen molar-refractivity contribution < 1.29 is 14.3 Å². The monoisotopic (exact) mass is 394 g/mol. The highest BCUT2D eigenvalue weighted by Gasteiger charge is 2.11. The van der Waals surface area contributed by atoms with E-state index in [0.717, 1.165) is 5.56 Å². The molecule has 1 aromatic heterocycles. The van der Waals surface area contributed by atoms with Crippen LogP contribution in [0.2, 0.25) is 5.02 Å². The standard InChI is InChI=1S/C22H19ClN2O3/c1-15(16-10-12-24-13-11-16)25-21(26)14-28-20-8-4-18(5-9-20)22(27)17-2-6-19(23)7-3-17/h2-13,15H,14H2,1H3,(H,25,26). The Hall–Kier alpha value is -3.18. The van der Waals surface area contributed by atoms with Crippen LogP contribution in [-0.2, 0) is 4.79 Å². The average molecular weight is 395 g/mol. The quantitative estimate of drug-likeness (QED) is 0.609. The molecule has 0 saturated heterocycles. The number of nitrogens with zero attached hydrogens (tertiary/aromatic N) is 1. The van der Waals surface area contributed by atoms with Crippen LogP contribution >= 0.6 is 11.6 Å². The summed E-state index contributed by atoms with van der Waals surface area (Å²) < 4.78 is 5.51. The van der Waals surface area contributed by atoms with Gasteiger partial charge in [-0.05, 0) is 73.2 Å². The van der Waals surface area contributed by atoms with Crippen LogP contribution in [0.15, 0.2) is 73.1 Å². The van der Waals surface area contributed by atoms with Crippen molar-refractivity contribution in [2.24, 2.45) is 0 Å². The number of aromatic nitrogens is 1. The second-order valence-corrected chi connectivity index (χ2v) is 6.66. The molecule has 0 fully saturated rings. The van der Waals surface area contributed by atoms with Gasteiger partial charge in [0.25, 0.3) is 5.91 Å². The third-order valence-electron chi connectivity index (χ3n) is 4.18. The highest BCUT2D eigenvalue weighted by molar-refractivity contribution is 6.30. The van der Waals surface area contributed by atoms with Gasteiger partial charge in [0.2, 0.25) is 0 Å². The van der Waals surface area contributed by atoms with E-state index in [4.69, 9.17) is 16.3 Å². The van der Waals surface area contributed by atoms with Crippen LogP contribution in [-0.4, -0.2) is 23.3 Å². The van der Waals surface area contributed by atoms with Crippen LogP contribution < -0.4 is 10.1 Å². The topological polar surface area (TPSA) is 68.3 Å². The molecular weight excluding hydrogens is 376 g/mol. The van der Waals surface area contributed by atoms with Crippen LogP contribution in [0.5, 0.6) is 5.75 Å². The van der Waals surface area contributed by atoms with Gasteiger partial charge in [-0.3, -0.25) is 14.6 Å². The lowest BCUT2D eigenvalue weighted by Crippen LogP contribution is -2.31. The number of nitrogens with one attached hydrogen (secondary N) is 1. The number of carbonyl (C=O) groups is 2. The Morgan fingerprint density at radius 2 is 1.54 bits per heavy atom. The molecule has 3 aromatic rings. The third-order valence-corrected chi connectivity index (χ3v) is 4.43. The van der Waals surface area contributed by atoms with Gasteiger partial charge in [-0.25, -0.2) is 0 Å².